The molecule has 1 unspecified atom stereocenters. The molecule has 4 rings (SSSR count). The zero-order valence-corrected chi connectivity index (χ0v) is 18.9. The van der Waals surface area contributed by atoms with Gasteiger partial charge in [-0.1, -0.05) is 12.2 Å². The van der Waals surface area contributed by atoms with Gasteiger partial charge in [-0.25, -0.2) is 4.79 Å². The molecule has 164 valence electrons. The van der Waals surface area contributed by atoms with E-state index in [9.17, 15) is 4.79 Å². The van der Waals surface area contributed by atoms with Gasteiger partial charge in [-0.3, -0.25) is 9.88 Å². The lowest BCUT2D eigenvalue weighted by Crippen LogP contribution is -2.33. The minimum Gasteiger partial charge on any atom is -0.477 e. The number of rotatable bonds is 5. The van der Waals surface area contributed by atoms with Crippen molar-refractivity contribution >= 4 is 11.5 Å². The molecule has 2 aliphatic heterocycles. The summed E-state index contributed by atoms with van der Waals surface area (Å²) in [6.45, 7) is 4.03. The van der Waals surface area contributed by atoms with Crippen molar-refractivity contribution in [2.45, 2.75) is 13.0 Å². The Morgan fingerprint density at radius 3 is 2.71 bits per heavy atom. The van der Waals surface area contributed by atoms with E-state index in [0.717, 1.165) is 33.7 Å². The second-order valence-electron chi connectivity index (χ2n) is 8.35. The van der Waals surface area contributed by atoms with Gasteiger partial charge in [0.15, 0.2) is 0 Å². The van der Waals surface area contributed by atoms with Gasteiger partial charge in [-0.2, -0.15) is 0 Å². The second-order valence-corrected chi connectivity index (χ2v) is 8.35. The van der Waals surface area contributed by atoms with Crippen molar-refractivity contribution in [2.24, 2.45) is 0 Å². The Labute approximate surface area is 183 Å². The van der Waals surface area contributed by atoms with Gasteiger partial charge in [0.05, 0.1) is 18.2 Å². The summed E-state index contributed by atoms with van der Waals surface area (Å²) in [4.78, 5) is 23.7. The van der Waals surface area contributed by atoms with Crippen molar-refractivity contribution in [2.75, 3.05) is 54.6 Å². The van der Waals surface area contributed by atoms with Crippen LogP contribution < -0.4 is 0 Å². The smallest absolute Gasteiger partial charge is 0.340 e. The van der Waals surface area contributed by atoms with E-state index in [0.29, 0.717) is 32.0 Å². The second kappa shape index (κ2) is 8.69. The average Bonchev–Trinajstić information content (AvgIpc) is 2.90. The maximum Gasteiger partial charge on any atom is 0.340 e. The predicted molar refractivity (Wildman–Crippen MR) is 120 cm³/mol. The average molecular weight is 423 g/mol. The van der Waals surface area contributed by atoms with Crippen LogP contribution in [0.2, 0.25) is 0 Å². The molecule has 7 nitrogen and oxygen atoms in total. The van der Waals surface area contributed by atoms with Crippen LogP contribution in [0.4, 0.5) is 0 Å². The Bertz CT molecular complexity index is 991. The van der Waals surface area contributed by atoms with Gasteiger partial charge in [-0.05, 0) is 45.8 Å². The molecule has 0 aromatic carbocycles. The SMILES string of the molecule is CCOC(=O)C1=C(CN(C)C)N(C)C2C=CC(c3ccncc3)=C3OCN(C)CC3=C12. The number of ether oxygens (including phenoxy) is 2. The van der Waals surface area contributed by atoms with Crippen LogP contribution >= 0.6 is 0 Å². The van der Waals surface area contributed by atoms with Crippen LogP contribution in [-0.2, 0) is 14.3 Å². The molecule has 1 atom stereocenters. The van der Waals surface area contributed by atoms with Crippen LogP contribution in [0.15, 0.2) is 64.9 Å². The largest absolute Gasteiger partial charge is 0.477 e. The number of aromatic nitrogens is 1. The highest BCUT2D eigenvalue weighted by molar-refractivity contribution is 5.97. The summed E-state index contributed by atoms with van der Waals surface area (Å²) >= 11 is 0. The fourth-order valence-corrected chi connectivity index (χ4v) is 4.44. The minimum atomic E-state index is -0.274. The molecule has 7 heteroatoms. The van der Waals surface area contributed by atoms with Crippen LogP contribution in [0, 0.1) is 0 Å². The Morgan fingerprint density at radius 1 is 1.29 bits per heavy atom. The molecule has 1 fully saturated rings. The normalized spacial score (nSPS) is 21.4. The molecule has 1 aromatic heterocycles. The van der Waals surface area contributed by atoms with Gasteiger partial charge in [0.1, 0.15) is 12.5 Å². The predicted octanol–water partition coefficient (Wildman–Crippen LogP) is 2.27. The topological polar surface area (TPSA) is 58.1 Å². The molecular formula is C24H30N4O3. The van der Waals surface area contributed by atoms with Gasteiger partial charge >= 0.3 is 5.97 Å². The first kappa shape index (κ1) is 21.3. The minimum absolute atomic E-state index is 0.0613. The molecule has 1 saturated heterocycles. The van der Waals surface area contributed by atoms with Gasteiger partial charge in [0.2, 0.25) is 0 Å². The molecular weight excluding hydrogens is 392 g/mol. The summed E-state index contributed by atoms with van der Waals surface area (Å²) in [5.41, 5.74) is 5.72. The van der Waals surface area contributed by atoms with Crippen molar-refractivity contribution in [3.8, 4) is 0 Å². The molecule has 0 N–H and O–H groups in total. The summed E-state index contributed by atoms with van der Waals surface area (Å²) in [6.07, 6.45) is 7.85. The number of nitrogens with zero attached hydrogens (tertiary/aromatic N) is 4. The summed E-state index contributed by atoms with van der Waals surface area (Å²) < 4.78 is 11.8. The highest BCUT2D eigenvalue weighted by Crippen LogP contribution is 2.43. The molecule has 3 heterocycles. The number of likely N-dealkylation sites (N-methyl/N-ethyl adjacent to an activating group) is 3. The molecule has 0 saturated carbocycles. The third kappa shape index (κ3) is 3.91. The maximum atomic E-state index is 13.2. The molecule has 0 spiro atoms. The first-order valence-electron chi connectivity index (χ1n) is 10.6. The highest BCUT2D eigenvalue weighted by Gasteiger charge is 2.42. The van der Waals surface area contributed by atoms with Crippen molar-refractivity contribution in [1.29, 1.82) is 0 Å². The Morgan fingerprint density at radius 2 is 2.03 bits per heavy atom. The van der Waals surface area contributed by atoms with E-state index in [2.05, 4.69) is 31.8 Å². The van der Waals surface area contributed by atoms with Crippen molar-refractivity contribution in [3.05, 3.63) is 70.4 Å². The molecule has 3 aliphatic rings. The van der Waals surface area contributed by atoms with Crippen LogP contribution in [0.3, 0.4) is 0 Å². The Balaban J connectivity index is 1.97. The first-order chi connectivity index (χ1) is 14.9. The van der Waals surface area contributed by atoms with Crippen LogP contribution in [0.1, 0.15) is 12.5 Å². The number of allylic oxidation sites excluding steroid dienone is 2. The quantitative estimate of drug-likeness (QED) is 0.675. The van der Waals surface area contributed by atoms with Gasteiger partial charge in [0, 0.05) is 54.9 Å². The fourth-order valence-electron chi connectivity index (χ4n) is 4.44. The van der Waals surface area contributed by atoms with E-state index in [1.165, 1.54) is 0 Å². The van der Waals surface area contributed by atoms with E-state index < -0.39 is 0 Å². The Kier molecular flexibility index (Phi) is 5.98. The van der Waals surface area contributed by atoms with E-state index in [-0.39, 0.29) is 12.0 Å². The number of pyridine rings is 1. The summed E-state index contributed by atoms with van der Waals surface area (Å²) in [5, 5.41) is 0. The molecule has 0 bridgehead atoms. The van der Waals surface area contributed by atoms with Gasteiger partial charge in [0.25, 0.3) is 0 Å². The van der Waals surface area contributed by atoms with Crippen molar-refractivity contribution < 1.29 is 14.3 Å². The number of esters is 1. The third-order valence-electron chi connectivity index (χ3n) is 5.78. The number of carbonyl (C=O) groups excluding carboxylic acids is 1. The zero-order valence-electron chi connectivity index (χ0n) is 18.9. The molecule has 31 heavy (non-hydrogen) atoms. The number of fused-ring (bicyclic) bond motifs is 2. The Hall–Kier alpha value is -2.90. The van der Waals surface area contributed by atoms with Crippen molar-refractivity contribution in [1.82, 2.24) is 19.7 Å². The lowest BCUT2D eigenvalue weighted by molar-refractivity contribution is -0.138. The first-order valence-corrected chi connectivity index (χ1v) is 10.6. The maximum absolute atomic E-state index is 13.2. The van der Waals surface area contributed by atoms with E-state index >= 15 is 0 Å². The van der Waals surface area contributed by atoms with Crippen LogP contribution in [-0.4, -0.2) is 86.3 Å². The van der Waals surface area contributed by atoms with Crippen LogP contribution in [0.25, 0.3) is 5.57 Å². The number of hydrogen-bond donors (Lipinski definition) is 0. The summed E-state index contributed by atoms with van der Waals surface area (Å²) in [6, 6.07) is 3.91. The van der Waals surface area contributed by atoms with Crippen LogP contribution in [0.5, 0.6) is 0 Å². The standard InChI is InChI=1S/C24H30N4O3/c1-6-30-24(29)22-20(14-26(2)3)28(5)19-8-7-17(16-9-11-25-12-10-16)23-18(21(19)22)13-27(4)15-31-23/h7-12,19H,6,13-15H2,1-5H3. The van der Waals surface area contributed by atoms with E-state index in [1.54, 1.807) is 12.4 Å². The monoisotopic (exact) mass is 422 g/mol. The van der Waals surface area contributed by atoms with Crippen molar-refractivity contribution in [3.63, 3.8) is 0 Å². The van der Waals surface area contributed by atoms with E-state index in [1.807, 2.05) is 47.2 Å². The fraction of sp³-hybridized carbons (Fsp3) is 0.417. The molecule has 1 aliphatic carbocycles. The molecule has 0 amide bonds. The molecule has 0 radical (unpaired) electrons. The van der Waals surface area contributed by atoms with Gasteiger partial charge in [-0.15, -0.1) is 0 Å². The lowest BCUT2D eigenvalue weighted by Gasteiger charge is -2.31. The van der Waals surface area contributed by atoms with Gasteiger partial charge < -0.3 is 19.3 Å². The zero-order chi connectivity index (χ0) is 22.1. The highest BCUT2D eigenvalue weighted by atomic mass is 16.5. The lowest BCUT2D eigenvalue weighted by atomic mass is 9.93. The van der Waals surface area contributed by atoms with E-state index in [4.69, 9.17) is 9.47 Å². The summed E-state index contributed by atoms with van der Waals surface area (Å²) in [5.74, 6) is 0.559. The number of hydrogen-bond acceptors (Lipinski definition) is 7. The molecule has 1 aromatic rings. The third-order valence-corrected chi connectivity index (χ3v) is 5.78. The summed E-state index contributed by atoms with van der Waals surface area (Å²) in [7, 11) is 8.09. The number of carbonyl (C=O) groups is 1.